The van der Waals surface area contributed by atoms with Crippen LogP contribution in [-0.2, 0) is 14.4 Å². The number of amides is 4. The van der Waals surface area contributed by atoms with Gasteiger partial charge in [0.05, 0.1) is 5.69 Å². The predicted molar refractivity (Wildman–Crippen MR) is 139 cm³/mol. The lowest BCUT2D eigenvalue weighted by molar-refractivity contribution is -0.126. The van der Waals surface area contributed by atoms with Gasteiger partial charge in [0, 0.05) is 56.7 Å². The number of nitrogens with one attached hydrogen (secondary N) is 1. The van der Waals surface area contributed by atoms with Gasteiger partial charge in [0.2, 0.25) is 18.7 Å². The Balaban J connectivity index is 1.59. The van der Waals surface area contributed by atoms with Crippen LogP contribution in [0.2, 0.25) is 12.6 Å². The van der Waals surface area contributed by atoms with Crippen LogP contribution in [0.25, 0.3) is 0 Å². The number of carbonyl (C=O) groups is 4. The van der Waals surface area contributed by atoms with Gasteiger partial charge in [0.1, 0.15) is 5.82 Å². The molecule has 2 aliphatic rings. The number of carbonyl (C=O) groups excluding carboxylic acids is 4. The zero-order valence-electron chi connectivity index (χ0n) is 21.6. The van der Waals surface area contributed by atoms with E-state index >= 15 is 4.39 Å². The molecule has 2 aliphatic heterocycles. The highest BCUT2D eigenvalue weighted by atomic mass is 19.1. The summed E-state index contributed by atoms with van der Waals surface area (Å²) in [7, 11) is 0. The summed E-state index contributed by atoms with van der Waals surface area (Å²) >= 11 is 0. The highest BCUT2D eigenvalue weighted by molar-refractivity contribution is 6.67. The lowest BCUT2D eigenvalue weighted by Crippen LogP contribution is -2.48. The number of piperazine rings is 1. The SMILES string of the molecule is Cc1cc(N2CCN(CC3CCB(C#N)CC3)CC2)c(F)cc1C(=O)N(C=O)C(C)CCC(=O)NC=O. The third kappa shape index (κ3) is 7.38. The second-order valence-corrected chi connectivity index (χ2v) is 10.1. The average Bonchev–Trinajstić information content (AvgIpc) is 2.90. The lowest BCUT2D eigenvalue weighted by Gasteiger charge is -2.38. The van der Waals surface area contributed by atoms with Crippen molar-refractivity contribution >= 4 is 37.0 Å². The third-order valence-electron chi connectivity index (χ3n) is 7.61. The van der Waals surface area contributed by atoms with E-state index in [1.165, 1.54) is 6.07 Å². The maximum Gasteiger partial charge on any atom is 0.267 e. The number of benzene rings is 1. The minimum Gasteiger partial charge on any atom is -0.367 e. The Labute approximate surface area is 218 Å². The fourth-order valence-electron chi connectivity index (χ4n) is 5.26. The van der Waals surface area contributed by atoms with Crippen LogP contribution in [0, 0.1) is 29.9 Å². The molecule has 0 radical (unpaired) electrons. The Morgan fingerprint density at radius 3 is 2.51 bits per heavy atom. The number of imide groups is 2. The van der Waals surface area contributed by atoms with Gasteiger partial charge in [-0.25, -0.2) is 9.65 Å². The lowest BCUT2D eigenvalue weighted by atomic mass is 9.42. The monoisotopic (exact) mass is 511 g/mol. The number of hydrogen-bond acceptors (Lipinski definition) is 7. The first-order valence-electron chi connectivity index (χ1n) is 12.9. The van der Waals surface area contributed by atoms with Gasteiger partial charge in [0.25, 0.3) is 12.6 Å². The van der Waals surface area contributed by atoms with Gasteiger partial charge >= 0.3 is 0 Å². The van der Waals surface area contributed by atoms with E-state index in [-0.39, 0.29) is 31.5 Å². The molecule has 1 atom stereocenters. The van der Waals surface area contributed by atoms with Gasteiger partial charge in [-0.05, 0) is 43.9 Å². The molecule has 1 N–H and O–H groups in total. The van der Waals surface area contributed by atoms with E-state index in [0.29, 0.717) is 36.7 Å². The van der Waals surface area contributed by atoms with E-state index in [9.17, 15) is 19.2 Å². The molecule has 1 aromatic rings. The van der Waals surface area contributed by atoms with E-state index < -0.39 is 23.7 Å². The first kappa shape index (κ1) is 28.3. The quantitative estimate of drug-likeness (QED) is 0.379. The molecule has 1 aromatic carbocycles. The fraction of sp³-hybridized carbons (Fsp3) is 0.577. The Morgan fingerprint density at radius 1 is 1.24 bits per heavy atom. The van der Waals surface area contributed by atoms with E-state index in [0.717, 1.165) is 50.0 Å². The molecule has 3 rings (SSSR count). The molecule has 2 fully saturated rings. The largest absolute Gasteiger partial charge is 0.367 e. The zero-order valence-corrected chi connectivity index (χ0v) is 21.6. The standard InChI is InChI=1S/C26H35BFN5O4/c1-19-13-24(32-11-9-31(10-12-32)15-21-5-7-27(16-29)8-6-21)23(28)14-22(19)26(37)33(18-35)20(2)3-4-25(36)30-17-34/h13-14,17-18,20-21H,3-12,15H2,1-2H3,(H,30,34,36). The molecule has 2 saturated heterocycles. The van der Waals surface area contributed by atoms with Crippen LogP contribution in [0.1, 0.15) is 48.5 Å². The van der Waals surface area contributed by atoms with Gasteiger partial charge in [-0.1, -0.05) is 25.5 Å². The average molecular weight is 511 g/mol. The summed E-state index contributed by atoms with van der Waals surface area (Å²) in [5, 5.41) is 11.1. The Hall–Kier alpha value is -3.26. The highest BCUT2D eigenvalue weighted by Crippen LogP contribution is 2.28. The highest BCUT2D eigenvalue weighted by Gasteiger charge is 2.29. The first-order valence-corrected chi connectivity index (χ1v) is 12.9. The van der Waals surface area contributed by atoms with Crippen molar-refractivity contribution in [1.82, 2.24) is 15.1 Å². The van der Waals surface area contributed by atoms with Crippen molar-refractivity contribution in [2.75, 3.05) is 37.6 Å². The molecule has 11 heteroatoms. The molecule has 2 heterocycles. The number of anilines is 1. The minimum atomic E-state index is -0.628. The summed E-state index contributed by atoms with van der Waals surface area (Å²) in [4.78, 5) is 52.0. The molecule has 0 saturated carbocycles. The van der Waals surface area contributed by atoms with E-state index in [2.05, 4.69) is 10.9 Å². The molecule has 0 spiro atoms. The topological polar surface area (TPSA) is 114 Å². The van der Waals surface area contributed by atoms with Gasteiger partial charge in [-0.2, -0.15) is 0 Å². The van der Waals surface area contributed by atoms with Gasteiger partial charge in [-0.3, -0.25) is 34.3 Å². The Kier molecular flexibility index (Phi) is 10.2. The van der Waals surface area contributed by atoms with Crippen LogP contribution in [0.15, 0.2) is 12.1 Å². The first-order chi connectivity index (χ1) is 17.8. The second-order valence-electron chi connectivity index (χ2n) is 10.1. The van der Waals surface area contributed by atoms with Crippen molar-refractivity contribution in [3.05, 3.63) is 29.1 Å². The summed E-state index contributed by atoms with van der Waals surface area (Å²) < 4.78 is 15.2. The van der Waals surface area contributed by atoms with Crippen LogP contribution in [0.3, 0.4) is 0 Å². The number of hydrogen-bond donors (Lipinski definition) is 1. The van der Waals surface area contributed by atoms with E-state index in [1.807, 2.05) is 10.2 Å². The minimum absolute atomic E-state index is 0.0308. The molecule has 9 nitrogen and oxygen atoms in total. The zero-order chi connectivity index (χ0) is 26.9. The summed E-state index contributed by atoms with van der Waals surface area (Å²) in [6.07, 6.45) is 4.95. The molecule has 198 valence electrons. The maximum absolute atomic E-state index is 15.2. The van der Waals surface area contributed by atoms with Crippen molar-refractivity contribution in [2.45, 2.75) is 58.2 Å². The summed E-state index contributed by atoms with van der Waals surface area (Å²) in [5.41, 5.74) is 1.11. The van der Waals surface area contributed by atoms with E-state index in [1.54, 1.807) is 19.9 Å². The van der Waals surface area contributed by atoms with Crippen LogP contribution < -0.4 is 10.2 Å². The number of aryl methyl sites for hydroxylation is 1. The van der Waals surface area contributed by atoms with Crippen molar-refractivity contribution in [3.8, 4) is 5.97 Å². The molecule has 4 amide bonds. The molecule has 0 aromatic heterocycles. The number of nitrogens with zero attached hydrogens (tertiary/aromatic N) is 4. The van der Waals surface area contributed by atoms with Gasteiger partial charge in [-0.15, -0.1) is 0 Å². The second kappa shape index (κ2) is 13.3. The van der Waals surface area contributed by atoms with Crippen LogP contribution in [0.4, 0.5) is 10.1 Å². The van der Waals surface area contributed by atoms with Crippen LogP contribution in [0.5, 0.6) is 0 Å². The van der Waals surface area contributed by atoms with Crippen LogP contribution in [-0.4, -0.2) is 79.9 Å². The smallest absolute Gasteiger partial charge is 0.267 e. The van der Waals surface area contributed by atoms with Gasteiger partial charge in [0.15, 0.2) is 0 Å². The van der Waals surface area contributed by atoms with Crippen molar-refractivity contribution in [1.29, 1.82) is 5.26 Å². The number of nitriles is 1. The molecule has 0 bridgehead atoms. The molecule has 1 unspecified atom stereocenters. The fourth-order valence-corrected chi connectivity index (χ4v) is 5.26. The van der Waals surface area contributed by atoms with Crippen molar-refractivity contribution in [3.63, 3.8) is 0 Å². The van der Waals surface area contributed by atoms with Crippen LogP contribution >= 0.6 is 0 Å². The third-order valence-corrected chi connectivity index (χ3v) is 7.61. The molecule has 37 heavy (non-hydrogen) atoms. The normalized spacial score (nSPS) is 17.6. The van der Waals surface area contributed by atoms with E-state index in [4.69, 9.17) is 5.26 Å². The van der Waals surface area contributed by atoms with Crippen molar-refractivity contribution in [2.24, 2.45) is 5.92 Å². The summed E-state index contributed by atoms with van der Waals surface area (Å²) in [6, 6.07) is 2.25. The Morgan fingerprint density at radius 2 is 1.92 bits per heavy atom. The van der Waals surface area contributed by atoms with Gasteiger partial charge < -0.3 is 4.90 Å². The molecule has 0 aliphatic carbocycles. The number of halogens is 1. The maximum atomic E-state index is 15.2. The number of rotatable bonds is 10. The summed E-state index contributed by atoms with van der Waals surface area (Å²) in [5.74, 6) is 1.35. The van der Waals surface area contributed by atoms with Crippen molar-refractivity contribution < 1.29 is 23.6 Å². The Bertz CT molecular complexity index is 1030. The molecular weight excluding hydrogens is 476 g/mol. The summed E-state index contributed by atoms with van der Waals surface area (Å²) in [6.45, 7) is 7.55. The predicted octanol–water partition coefficient (Wildman–Crippen LogP) is 2.26. The molecular formula is C26H35BFN5O4.